The number of nitrogen functional groups attached to an aromatic ring is 1. The number of nitrogens with zero attached hydrogens (tertiary/aromatic N) is 1. The minimum atomic E-state index is -0.175. The van der Waals surface area contributed by atoms with Gasteiger partial charge in [0.25, 0.3) is 0 Å². The van der Waals surface area contributed by atoms with E-state index in [1.165, 1.54) is 19.3 Å². The monoisotopic (exact) mass is 236 g/mol. The second-order valence-electron chi connectivity index (χ2n) is 4.70. The Morgan fingerprint density at radius 3 is 2.76 bits per heavy atom. The van der Waals surface area contributed by atoms with Crippen molar-refractivity contribution in [1.82, 2.24) is 4.98 Å². The van der Waals surface area contributed by atoms with Crippen LogP contribution in [0.4, 0.5) is 11.5 Å². The summed E-state index contributed by atoms with van der Waals surface area (Å²) < 4.78 is 0. The van der Waals surface area contributed by atoms with Gasteiger partial charge >= 0.3 is 0 Å². The number of pyridine rings is 1. The number of aliphatic hydroxyl groups excluding tert-OH is 1. The van der Waals surface area contributed by atoms with E-state index in [4.69, 9.17) is 5.84 Å². The van der Waals surface area contributed by atoms with Crippen molar-refractivity contribution in [2.24, 2.45) is 5.84 Å². The summed E-state index contributed by atoms with van der Waals surface area (Å²) in [4.78, 5) is 4.06. The number of hydrogen-bond donors (Lipinski definition) is 4. The van der Waals surface area contributed by atoms with Crippen LogP contribution in [0.25, 0.3) is 0 Å². The molecule has 17 heavy (non-hydrogen) atoms. The van der Waals surface area contributed by atoms with E-state index in [9.17, 15) is 5.11 Å². The SMILES string of the molecule is NNc1cc(NC2(CO)CCCCC2)ccn1. The van der Waals surface area contributed by atoms with Crippen molar-refractivity contribution >= 4 is 11.5 Å². The Morgan fingerprint density at radius 2 is 2.12 bits per heavy atom. The van der Waals surface area contributed by atoms with Gasteiger partial charge in [-0.05, 0) is 18.9 Å². The van der Waals surface area contributed by atoms with E-state index in [0.717, 1.165) is 18.5 Å². The molecule has 0 amide bonds. The summed E-state index contributed by atoms with van der Waals surface area (Å²) in [5.74, 6) is 5.95. The zero-order chi connectivity index (χ0) is 12.1. The highest BCUT2D eigenvalue weighted by Gasteiger charge is 2.31. The molecule has 0 spiro atoms. The van der Waals surface area contributed by atoms with Gasteiger partial charge in [0.1, 0.15) is 5.82 Å². The average Bonchev–Trinajstić information content (AvgIpc) is 2.40. The maximum atomic E-state index is 9.61. The fourth-order valence-corrected chi connectivity index (χ4v) is 2.44. The highest BCUT2D eigenvalue weighted by molar-refractivity contribution is 5.53. The summed E-state index contributed by atoms with van der Waals surface area (Å²) in [6.45, 7) is 0.167. The molecule has 1 heterocycles. The summed E-state index contributed by atoms with van der Waals surface area (Å²) in [5, 5.41) is 13.0. The molecule has 5 N–H and O–H groups in total. The van der Waals surface area contributed by atoms with Crippen molar-refractivity contribution in [3.63, 3.8) is 0 Å². The number of rotatable bonds is 4. The van der Waals surface area contributed by atoms with E-state index < -0.39 is 0 Å². The highest BCUT2D eigenvalue weighted by atomic mass is 16.3. The van der Waals surface area contributed by atoms with Gasteiger partial charge in [-0.1, -0.05) is 19.3 Å². The lowest BCUT2D eigenvalue weighted by Crippen LogP contribution is -2.43. The fourth-order valence-electron chi connectivity index (χ4n) is 2.44. The molecule has 1 aliphatic carbocycles. The summed E-state index contributed by atoms with van der Waals surface area (Å²) in [5.41, 5.74) is 3.29. The van der Waals surface area contributed by atoms with Crippen molar-refractivity contribution in [2.75, 3.05) is 17.3 Å². The van der Waals surface area contributed by atoms with Crippen LogP contribution < -0.4 is 16.6 Å². The summed E-state index contributed by atoms with van der Waals surface area (Å²) in [7, 11) is 0. The Hall–Kier alpha value is -1.33. The Bertz CT molecular complexity index is 363. The molecule has 1 fully saturated rings. The molecule has 1 saturated carbocycles. The summed E-state index contributed by atoms with van der Waals surface area (Å²) >= 11 is 0. The van der Waals surface area contributed by atoms with Crippen LogP contribution in [-0.4, -0.2) is 22.2 Å². The molecule has 2 rings (SSSR count). The number of nitrogens with two attached hydrogens (primary N) is 1. The largest absolute Gasteiger partial charge is 0.394 e. The van der Waals surface area contributed by atoms with Crippen molar-refractivity contribution < 1.29 is 5.11 Å². The molecule has 0 bridgehead atoms. The van der Waals surface area contributed by atoms with Crippen LogP contribution in [0.2, 0.25) is 0 Å². The summed E-state index contributed by atoms with van der Waals surface area (Å²) in [6, 6.07) is 3.75. The van der Waals surface area contributed by atoms with Gasteiger partial charge in [-0.25, -0.2) is 10.8 Å². The minimum absolute atomic E-state index is 0.167. The Morgan fingerprint density at radius 1 is 1.35 bits per heavy atom. The topological polar surface area (TPSA) is 83.2 Å². The van der Waals surface area contributed by atoms with Gasteiger partial charge in [0.15, 0.2) is 0 Å². The van der Waals surface area contributed by atoms with Crippen molar-refractivity contribution in [3.05, 3.63) is 18.3 Å². The molecule has 1 aliphatic rings. The first kappa shape index (κ1) is 12.1. The van der Waals surface area contributed by atoms with Gasteiger partial charge in [-0.15, -0.1) is 0 Å². The third-order valence-corrected chi connectivity index (χ3v) is 3.43. The normalized spacial score (nSPS) is 18.7. The molecule has 1 aromatic heterocycles. The van der Waals surface area contributed by atoms with Crippen LogP contribution in [0, 0.1) is 0 Å². The first-order valence-corrected chi connectivity index (χ1v) is 6.10. The molecule has 0 aromatic carbocycles. The second kappa shape index (κ2) is 5.33. The molecule has 0 unspecified atom stereocenters. The number of nitrogens with one attached hydrogen (secondary N) is 2. The van der Waals surface area contributed by atoms with Gasteiger partial charge in [-0.3, -0.25) is 0 Å². The first-order valence-electron chi connectivity index (χ1n) is 6.10. The zero-order valence-electron chi connectivity index (χ0n) is 9.95. The van der Waals surface area contributed by atoms with E-state index in [-0.39, 0.29) is 12.1 Å². The van der Waals surface area contributed by atoms with Gasteiger partial charge in [0, 0.05) is 18.0 Å². The summed E-state index contributed by atoms with van der Waals surface area (Å²) in [6.07, 6.45) is 7.32. The molecule has 5 heteroatoms. The molecule has 1 aromatic rings. The van der Waals surface area contributed by atoms with Gasteiger partial charge in [-0.2, -0.15) is 0 Å². The maximum Gasteiger partial charge on any atom is 0.141 e. The van der Waals surface area contributed by atoms with Crippen LogP contribution in [0.3, 0.4) is 0 Å². The molecule has 0 aliphatic heterocycles. The first-order chi connectivity index (χ1) is 8.28. The van der Waals surface area contributed by atoms with E-state index in [0.29, 0.717) is 5.82 Å². The zero-order valence-corrected chi connectivity index (χ0v) is 9.95. The van der Waals surface area contributed by atoms with Crippen molar-refractivity contribution in [1.29, 1.82) is 0 Å². The van der Waals surface area contributed by atoms with E-state index in [1.807, 2.05) is 12.1 Å². The van der Waals surface area contributed by atoms with Crippen molar-refractivity contribution in [2.45, 2.75) is 37.6 Å². The van der Waals surface area contributed by atoms with Crippen molar-refractivity contribution in [3.8, 4) is 0 Å². The predicted octanol–water partition coefficient (Wildman–Crippen LogP) is 1.47. The second-order valence-corrected chi connectivity index (χ2v) is 4.70. The standard InChI is InChI=1S/C12H20N4O/c13-16-11-8-10(4-7-14-11)15-12(9-17)5-2-1-3-6-12/h4,7-8,17H,1-3,5-6,9,13H2,(H2,14,15,16). The maximum absolute atomic E-state index is 9.61. The Kier molecular flexibility index (Phi) is 3.81. The third-order valence-electron chi connectivity index (χ3n) is 3.43. The number of aromatic nitrogens is 1. The van der Waals surface area contributed by atoms with Crippen LogP contribution in [0.5, 0.6) is 0 Å². The highest BCUT2D eigenvalue weighted by Crippen LogP contribution is 2.31. The Labute approximate surface area is 101 Å². The molecule has 5 nitrogen and oxygen atoms in total. The lowest BCUT2D eigenvalue weighted by Gasteiger charge is -2.37. The number of anilines is 2. The van der Waals surface area contributed by atoms with E-state index in [2.05, 4.69) is 15.7 Å². The van der Waals surface area contributed by atoms with Gasteiger partial charge in [0.05, 0.1) is 12.1 Å². The molecular formula is C12H20N4O. The Balaban J connectivity index is 2.11. The number of hydrazine groups is 1. The minimum Gasteiger partial charge on any atom is -0.394 e. The quantitative estimate of drug-likeness (QED) is 0.470. The van der Waals surface area contributed by atoms with E-state index in [1.54, 1.807) is 6.20 Å². The lowest BCUT2D eigenvalue weighted by molar-refractivity contribution is 0.173. The van der Waals surface area contributed by atoms with E-state index >= 15 is 0 Å². The lowest BCUT2D eigenvalue weighted by atomic mass is 9.82. The van der Waals surface area contributed by atoms with Gasteiger partial charge in [0.2, 0.25) is 0 Å². The predicted molar refractivity (Wildman–Crippen MR) is 68.6 cm³/mol. The smallest absolute Gasteiger partial charge is 0.141 e. The average molecular weight is 236 g/mol. The number of hydrogen-bond acceptors (Lipinski definition) is 5. The molecule has 94 valence electrons. The molecule has 0 atom stereocenters. The fraction of sp³-hybridized carbons (Fsp3) is 0.583. The van der Waals surface area contributed by atoms with Crippen LogP contribution >= 0.6 is 0 Å². The molecular weight excluding hydrogens is 216 g/mol. The van der Waals surface area contributed by atoms with Crippen LogP contribution in [-0.2, 0) is 0 Å². The third kappa shape index (κ3) is 2.87. The molecule has 0 saturated heterocycles. The van der Waals surface area contributed by atoms with Crippen LogP contribution in [0.15, 0.2) is 18.3 Å². The molecule has 0 radical (unpaired) electrons. The van der Waals surface area contributed by atoms with Crippen LogP contribution in [0.1, 0.15) is 32.1 Å². The van der Waals surface area contributed by atoms with Gasteiger partial charge < -0.3 is 15.8 Å². The number of aliphatic hydroxyl groups is 1.